The minimum absolute atomic E-state index is 0.108. The first kappa shape index (κ1) is 23.3. The fourth-order valence-corrected chi connectivity index (χ4v) is 9.00. The Labute approximate surface area is 191 Å². The quantitative estimate of drug-likeness (QED) is 0.371. The molecule has 31 heavy (non-hydrogen) atoms. The van der Waals surface area contributed by atoms with E-state index in [0.717, 1.165) is 49.7 Å². The maximum Gasteiger partial charge on any atom is 0.128 e. The number of hydrogen-bond donors (Lipinski definition) is 1. The number of aliphatic hydroxyl groups excluding tert-OH is 1. The minimum Gasteiger partial charge on any atom is -0.392 e. The molecule has 0 unspecified atom stereocenters. The van der Waals surface area contributed by atoms with Crippen molar-refractivity contribution in [2.24, 2.45) is 39.9 Å². The van der Waals surface area contributed by atoms with E-state index in [2.05, 4.69) is 40.7 Å². The zero-order chi connectivity index (χ0) is 22.6. The largest absolute Gasteiger partial charge is 0.392 e. The Balaban J connectivity index is 1.60. The molecule has 0 spiro atoms. The first-order valence-corrected chi connectivity index (χ1v) is 13.1. The Morgan fingerprint density at radius 2 is 1.84 bits per heavy atom. The Hall–Kier alpha value is -0.890. The van der Waals surface area contributed by atoms with Gasteiger partial charge in [-0.15, -0.1) is 0 Å². The number of fused-ring (bicyclic) bond motifs is 4. The molecule has 0 aromatic heterocycles. The van der Waals surface area contributed by atoms with Crippen LogP contribution >= 0.6 is 0 Å². The molecular weight excluding hydrogens is 380 g/mol. The molecular formula is C29H46O2. The van der Waals surface area contributed by atoms with Gasteiger partial charge >= 0.3 is 0 Å². The molecule has 4 rings (SSSR count). The summed E-state index contributed by atoms with van der Waals surface area (Å²) >= 11 is 0. The van der Waals surface area contributed by atoms with E-state index < -0.39 is 11.5 Å². The molecule has 0 amide bonds. The average molecular weight is 427 g/mol. The molecule has 0 aliphatic heterocycles. The third-order valence-corrected chi connectivity index (χ3v) is 10.8. The summed E-state index contributed by atoms with van der Waals surface area (Å²) in [4.78, 5) is 12.1. The molecule has 0 aromatic rings. The Morgan fingerprint density at radius 3 is 2.52 bits per heavy atom. The fourth-order valence-electron chi connectivity index (χ4n) is 9.00. The summed E-state index contributed by atoms with van der Waals surface area (Å²) in [6, 6.07) is 0. The van der Waals surface area contributed by atoms with Crippen molar-refractivity contribution < 1.29 is 9.90 Å². The highest BCUT2D eigenvalue weighted by Crippen LogP contribution is 2.67. The molecule has 2 heteroatoms. The van der Waals surface area contributed by atoms with Gasteiger partial charge in [-0.2, -0.15) is 0 Å². The predicted octanol–water partition coefficient (Wildman–Crippen LogP) is 7.27. The lowest BCUT2D eigenvalue weighted by molar-refractivity contribution is -0.142. The van der Waals surface area contributed by atoms with Crippen molar-refractivity contribution in [1.29, 1.82) is 0 Å². The predicted molar refractivity (Wildman–Crippen MR) is 129 cm³/mol. The number of carbonyl (C=O) groups excluding carboxylic acids is 1. The number of allylic oxidation sites excluding steroid dienone is 4. The number of rotatable bonds is 5. The number of aliphatic hydroxyl groups is 1. The molecule has 174 valence electrons. The number of carbonyl (C=O) groups is 1. The zero-order valence-electron chi connectivity index (χ0n) is 21.0. The van der Waals surface area contributed by atoms with Gasteiger partial charge in [0.15, 0.2) is 0 Å². The van der Waals surface area contributed by atoms with Gasteiger partial charge < -0.3 is 9.90 Å². The maximum atomic E-state index is 12.1. The molecule has 0 heterocycles. The summed E-state index contributed by atoms with van der Waals surface area (Å²) in [7, 11) is 0. The summed E-state index contributed by atoms with van der Waals surface area (Å²) in [6.45, 7) is 14.0. The van der Waals surface area contributed by atoms with Crippen molar-refractivity contribution in [3.05, 3.63) is 22.8 Å². The first-order valence-electron chi connectivity index (χ1n) is 13.1. The van der Waals surface area contributed by atoms with Crippen molar-refractivity contribution in [2.75, 3.05) is 0 Å². The molecule has 2 fully saturated rings. The molecule has 2 saturated carbocycles. The zero-order valence-corrected chi connectivity index (χ0v) is 21.0. The normalized spacial score (nSPS) is 45.4. The topological polar surface area (TPSA) is 37.3 Å². The van der Waals surface area contributed by atoms with Crippen LogP contribution in [-0.2, 0) is 4.79 Å². The SMILES string of the molecule is CC(C)=CCC[C@@H](C)[C@H]1CC[C@H]2C3=C(CC[C@]12C)[C@@]1(C)CC[C@H](O)[C@@](C)(C=O)[C@@H]1CC3. The highest BCUT2D eigenvalue weighted by atomic mass is 16.3. The van der Waals surface area contributed by atoms with Crippen molar-refractivity contribution >= 4 is 6.29 Å². The van der Waals surface area contributed by atoms with Gasteiger partial charge in [0.25, 0.3) is 0 Å². The first-order chi connectivity index (χ1) is 14.6. The molecule has 8 atom stereocenters. The van der Waals surface area contributed by atoms with Crippen molar-refractivity contribution in [1.82, 2.24) is 0 Å². The van der Waals surface area contributed by atoms with Crippen LogP contribution in [0.4, 0.5) is 0 Å². The van der Waals surface area contributed by atoms with Crippen molar-refractivity contribution in [2.45, 2.75) is 112 Å². The molecule has 2 nitrogen and oxygen atoms in total. The highest BCUT2D eigenvalue weighted by Gasteiger charge is 2.60. The summed E-state index contributed by atoms with van der Waals surface area (Å²) in [5, 5.41) is 10.7. The van der Waals surface area contributed by atoms with E-state index in [1.807, 2.05) is 6.92 Å². The van der Waals surface area contributed by atoms with Gasteiger partial charge in [0, 0.05) is 0 Å². The maximum absolute atomic E-state index is 12.1. The average Bonchev–Trinajstić information content (AvgIpc) is 3.08. The summed E-state index contributed by atoms with van der Waals surface area (Å²) in [5.74, 6) is 2.68. The lowest BCUT2D eigenvalue weighted by atomic mass is 9.45. The molecule has 0 bridgehead atoms. The van der Waals surface area contributed by atoms with Crippen LogP contribution in [0.15, 0.2) is 22.8 Å². The lowest BCUT2D eigenvalue weighted by Crippen LogP contribution is -2.55. The van der Waals surface area contributed by atoms with Crippen LogP contribution in [-0.4, -0.2) is 17.5 Å². The van der Waals surface area contributed by atoms with Gasteiger partial charge in [0.05, 0.1) is 11.5 Å². The molecule has 0 radical (unpaired) electrons. The Morgan fingerprint density at radius 1 is 1.10 bits per heavy atom. The summed E-state index contributed by atoms with van der Waals surface area (Å²) < 4.78 is 0. The summed E-state index contributed by atoms with van der Waals surface area (Å²) in [5.41, 5.74) is 4.93. The summed E-state index contributed by atoms with van der Waals surface area (Å²) in [6.07, 6.45) is 14.9. The van der Waals surface area contributed by atoms with Gasteiger partial charge in [0.2, 0.25) is 0 Å². The second-order valence-electron chi connectivity index (χ2n) is 12.6. The third kappa shape index (κ3) is 3.51. The molecule has 0 aromatic carbocycles. The van der Waals surface area contributed by atoms with E-state index in [1.165, 1.54) is 44.1 Å². The molecule has 4 aliphatic rings. The van der Waals surface area contributed by atoms with Crippen LogP contribution in [0, 0.1) is 39.9 Å². The minimum atomic E-state index is -0.579. The fraction of sp³-hybridized carbons (Fsp3) is 0.828. The smallest absolute Gasteiger partial charge is 0.128 e. The van der Waals surface area contributed by atoms with Crippen LogP contribution in [0.2, 0.25) is 0 Å². The molecule has 0 saturated heterocycles. The van der Waals surface area contributed by atoms with E-state index >= 15 is 0 Å². The van der Waals surface area contributed by atoms with E-state index in [4.69, 9.17) is 0 Å². The van der Waals surface area contributed by atoms with Gasteiger partial charge in [0.1, 0.15) is 6.29 Å². The van der Waals surface area contributed by atoms with Crippen LogP contribution in [0.25, 0.3) is 0 Å². The van der Waals surface area contributed by atoms with Gasteiger partial charge in [-0.3, -0.25) is 0 Å². The van der Waals surface area contributed by atoms with Crippen LogP contribution in [0.1, 0.15) is 106 Å². The van der Waals surface area contributed by atoms with E-state index in [1.54, 1.807) is 11.1 Å². The number of aldehydes is 1. The van der Waals surface area contributed by atoms with E-state index in [-0.39, 0.29) is 5.41 Å². The van der Waals surface area contributed by atoms with Gasteiger partial charge in [-0.25, -0.2) is 0 Å². The number of hydrogen-bond acceptors (Lipinski definition) is 2. The van der Waals surface area contributed by atoms with Crippen molar-refractivity contribution in [3.63, 3.8) is 0 Å². The molecule has 4 aliphatic carbocycles. The highest BCUT2D eigenvalue weighted by molar-refractivity contribution is 5.62. The lowest BCUT2D eigenvalue weighted by Gasteiger charge is -2.59. The van der Waals surface area contributed by atoms with Gasteiger partial charge in [-0.1, -0.05) is 50.5 Å². The van der Waals surface area contributed by atoms with Crippen molar-refractivity contribution in [3.8, 4) is 0 Å². The standard InChI is InChI=1S/C29H46O2/c1-19(2)8-7-9-20(3)22-11-12-23-21-10-13-25-28(5,24(21)14-16-27(22,23)4)17-15-26(31)29(25,6)18-30/h8,18,20,22-23,25-26,31H,7,9-17H2,1-6H3/t20-,22-,23+,25-,26+,27-,28-,29+/m1/s1. The van der Waals surface area contributed by atoms with Gasteiger partial charge in [-0.05, 0) is 113 Å². The Kier molecular flexibility index (Phi) is 6.12. The van der Waals surface area contributed by atoms with E-state index in [0.29, 0.717) is 11.3 Å². The van der Waals surface area contributed by atoms with Crippen LogP contribution < -0.4 is 0 Å². The van der Waals surface area contributed by atoms with E-state index in [9.17, 15) is 9.90 Å². The second-order valence-corrected chi connectivity index (χ2v) is 12.6. The second kappa shape index (κ2) is 8.15. The monoisotopic (exact) mass is 426 g/mol. The molecule has 1 N–H and O–H groups in total. The Bertz CT molecular complexity index is 774. The van der Waals surface area contributed by atoms with Crippen LogP contribution in [0.3, 0.4) is 0 Å². The third-order valence-electron chi connectivity index (χ3n) is 10.8. The van der Waals surface area contributed by atoms with Crippen LogP contribution in [0.5, 0.6) is 0 Å².